The Balaban J connectivity index is 1.41. The quantitative estimate of drug-likeness (QED) is 0.299. The van der Waals surface area contributed by atoms with E-state index in [0.29, 0.717) is 57.2 Å². The van der Waals surface area contributed by atoms with Crippen molar-refractivity contribution >= 4 is 82.5 Å². The first-order valence-corrected chi connectivity index (χ1v) is 34.6. The molecule has 0 aromatic heterocycles. The van der Waals surface area contributed by atoms with Crippen molar-refractivity contribution in [1.29, 1.82) is 0 Å². The molecule has 3 saturated heterocycles. The van der Waals surface area contributed by atoms with Crippen molar-refractivity contribution in [1.82, 2.24) is 60.0 Å². The smallest absolute Gasteiger partial charge is 0.343 e. The van der Waals surface area contributed by atoms with Crippen molar-refractivity contribution in [2.45, 2.75) is 224 Å². The topological polar surface area (TPSA) is 270 Å². The minimum absolute atomic E-state index is 0.0116. The van der Waals surface area contributed by atoms with Crippen LogP contribution in [0.3, 0.4) is 0 Å². The minimum atomic E-state index is -4.76. The zero-order chi connectivity index (χ0) is 71.4. The average molecular weight is 1370 g/mol. The first-order valence-electron chi connectivity index (χ1n) is 34.3. The highest BCUT2D eigenvalue weighted by Crippen LogP contribution is 2.37. The van der Waals surface area contributed by atoms with Crippen LogP contribution in [0.2, 0.25) is 5.02 Å². The lowest BCUT2D eigenvalue weighted by Crippen LogP contribution is -2.65. The number of piperidine rings is 1. The standard InChI is InChI=1S/C68H104ClF3N12O12/c1-14-42(4)56-64(94)77(8)39-54(86)76(7)40-55(87)80(11)51(37-45-24-17-15-18-25-45)62(92)79(10)44(6)58(88)73-49(30-28-46-27-29-47(48(69)36-46)68(70,71)72)61(91)84-35-23-26-50(84)60(90)75-67(31-19-20-32-67)66(96)82(13)57(41(2)3)65(95)81(12)52(63(93)83-33-21-16-22-34-83)38-53(85)78(9)43(5)59(89)74-56/h27,29,36,41-45,49-52,56-57H,14-26,28,30-35,37-40H2,1-13H3,(H,73,88)(H,74,89)(H,75,90)/t42-,43-,44+,49-,50-,51-,52-,56-,57-/m0/s1. The molecule has 3 aliphatic heterocycles. The van der Waals surface area contributed by atoms with Crippen molar-refractivity contribution in [2.24, 2.45) is 17.8 Å². The van der Waals surface area contributed by atoms with Crippen LogP contribution in [0, 0.1) is 17.8 Å². The lowest BCUT2D eigenvalue weighted by Gasteiger charge is -2.42. The maximum absolute atomic E-state index is 15.4. The Morgan fingerprint density at radius 2 is 1.23 bits per heavy atom. The highest BCUT2D eigenvalue weighted by Gasteiger charge is 2.51. The van der Waals surface area contributed by atoms with Gasteiger partial charge in [-0.3, -0.25) is 57.5 Å². The van der Waals surface area contributed by atoms with E-state index in [0.717, 1.165) is 65.4 Å². The van der Waals surface area contributed by atoms with Gasteiger partial charge in [0.25, 0.3) is 0 Å². The van der Waals surface area contributed by atoms with E-state index in [9.17, 15) is 56.3 Å². The first kappa shape index (κ1) is 77.9. The Morgan fingerprint density at radius 3 is 1.82 bits per heavy atom. The molecule has 96 heavy (non-hydrogen) atoms. The normalized spacial score (nSPS) is 27.2. The van der Waals surface area contributed by atoms with E-state index in [1.807, 2.05) is 6.92 Å². The molecule has 0 unspecified atom stereocenters. The number of halogens is 4. The fraction of sp³-hybridized carbons (Fsp3) is 0.735. The molecule has 12 amide bonds. The molecule has 6 rings (SSSR count). The van der Waals surface area contributed by atoms with Crippen LogP contribution >= 0.6 is 11.6 Å². The van der Waals surface area contributed by atoms with Crippen LogP contribution in [-0.4, -0.2) is 251 Å². The van der Waals surface area contributed by atoms with Crippen LogP contribution in [0.25, 0.3) is 0 Å². The van der Waals surface area contributed by atoms with Crippen molar-refractivity contribution in [2.75, 3.05) is 82.1 Å². The molecule has 0 radical (unpaired) electrons. The van der Waals surface area contributed by atoms with Gasteiger partial charge in [-0.2, -0.15) is 13.2 Å². The lowest BCUT2D eigenvalue weighted by molar-refractivity contribution is -0.156. The molecule has 3 N–H and O–H groups in total. The van der Waals surface area contributed by atoms with Gasteiger partial charge in [-0.25, -0.2) is 0 Å². The number of hydrogen-bond acceptors (Lipinski definition) is 12. The van der Waals surface area contributed by atoms with Gasteiger partial charge in [-0.15, -0.1) is 0 Å². The summed E-state index contributed by atoms with van der Waals surface area (Å²) in [5.74, 6) is -9.08. The first-order chi connectivity index (χ1) is 45.1. The number of nitrogens with one attached hydrogen (secondary N) is 3. The Kier molecular flexibility index (Phi) is 27.6. The number of likely N-dealkylation sites (tertiary alicyclic amines) is 1. The van der Waals surface area contributed by atoms with Gasteiger partial charge in [0, 0.05) is 69.0 Å². The predicted molar refractivity (Wildman–Crippen MR) is 353 cm³/mol. The van der Waals surface area contributed by atoms with E-state index >= 15 is 14.4 Å². The second kappa shape index (κ2) is 33.9. The number of hydrogen-bond donors (Lipinski definition) is 3. The average Bonchev–Trinajstić information content (AvgIpc) is 1.45. The van der Waals surface area contributed by atoms with Crippen molar-refractivity contribution < 1.29 is 70.7 Å². The third-order valence-electron chi connectivity index (χ3n) is 20.9. The molecule has 3 heterocycles. The van der Waals surface area contributed by atoms with Crippen LogP contribution < -0.4 is 16.0 Å². The van der Waals surface area contributed by atoms with Crippen molar-refractivity contribution in [3.05, 3.63) is 34.3 Å². The minimum Gasteiger partial charge on any atom is -0.343 e. The summed E-state index contributed by atoms with van der Waals surface area (Å²) < 4.78 is 41.6. The molecule has 9 atom stereocenters. The second-order valence-corrected chi connectivity index (χ2v) is 28.3. The van der Waals surface area contributed by atoms with E-state index in [4.69, 9.17) is 11.6 Å². The fourth-order valence-corrected chi connectivity index (χ4v) is 14.4. The Labute approximate surface area is 568 Å². The molecule has 0 bridgehead atoms. The number of likely N-dealkylation sites (N-methyl/N-ethyl adjacent to an activating group) is 7. The number of amides is 12. The van der Waals surface area contributed by atoms with Gasteiger partial charge < -0.3 is 60.0 Å². The van der Waals surface area contributed by atoms with E-state index in [1.54, 1.807) is 25.7 Å². The van der Waals surface area contributed by atoms with E-state index < -0.39 is 173 Å². The number of alkyl halides is 3. The summed E-state index contributed by atoms with van der Waals surface area (Å²) >= 11 is 6.15. The molecular formula is C68H104ClF3N12O12. The maximum atomic E-state index is 15.4. The van der Waals surface area contributed by atoms with Gasteiger partial charge >= 0.3 is 6.18 Å². The molecule has 5 fully saturated rings. The third kappa shape index (κ3) is 18.8. The largest absolute Gasteiger partial charge is 0.417 e. The van der Waals surface area contributed by atoms with E-state index in [2.05, 4.69) is 16.0 Å². The molecular weight excluding hydrogens is 1270 g/mol. The lowest BCUT2D eigenvalue weighted by atomic mass is 9.84. The number of aryl methyl sites for hydroxylation is 1. The predicted octanol–water partition coefficient (Wildman–Crippen LogP) is 4.86. The summed E-state index contributed by atoms with van der Waals surface area (Å²) in [6.45, 7) is 9.58. The van der Waals surface area contributed by atoms with E-state index in [1.165, 1.54) is 93.7 Å². The summed E-state index contributed by atoms with van der Waals surface area (Å²) in [6, 6.07) is -7.04. The fourth-order valence-electron chi connectivity index (χ4n) is 14.1. The molecule has 536 valence electrons. The summed E-state index contributed by atoms with van der Waals surface area (Å²) in [5, 5.41) is 8.02. The summed E-state index contributed by atoms with van der Waals surface area (Å²) in [7, 11) is 9.76. The number of rotatable bonds is 9. The Morgan fingerprint density at radius 1 is 0.635 bits per heavy atom. The summed E-state index contributed by atoms with van der Waals surface area (Å²) in [4.78, 5) is 188. The zero-order valence-corrected chi connectivity index (χ0v) is 59.2. The molecule has 24 nitrogen and oxygen atoms in total. The zero-order valence-electron chi connectivity index (χ0n) is 58.5. The molecule has 1 spiro atoms. The van der Waals surface area contributed by atoms with Gasteiger partial charge in [-0.05, 0) is 114 Å². The van der Waals surface area contributed by atoms with Crippen molar-refractivity contribution in [3.63, 3.8) is 0 Å². The number of nitrogens with zero attached hydrogens (tertiary/aromatic N) is 9. The molecule has 1 aromatic carbocycles. The van der Waals surface area contributed by atoms with Crippen LogP contribution in [0.1, 0.15) is 168 Å². The van der Waals surface area contributed by atoms with Crippen molar-refractivity contribution in [3.8, 4) is 0 Å². The number of fused-ring (bicyclic) bond motifs is 1. The molecule has 28 heteroatoms. The molecule has 2 saturated carbocycles. The van der Waals surface area contributed by atoms with Gasteiger partial charge in [0.05, 0.1) is 30.1 Å². The number of carbonyl (C=O) groups is 12. The van der Waals surface area contributed by atoms with Gasteiger partial charge in [0.2, 0.25) is 70.9 Å². The highest BCUT2D eigenvalue weighted by molar-refractivity contribution is 6.31. The maximum Gasteiger partial charge on any atom is 0.417 e. The van der Waals surface area contributed by atoms with Gasteiger partial charge in [0.15, 0.2) is 0 Å². The Bertz CT molecular complexity index is 3010. The summed E-state index contributed by atoms with van der Waals surface area (Å²) in [6.07, 6.45) is 3.29. The van der Waals surface area contributed by atoms with Crippen LogP contribution in [0.4, 0.5) is 13.2 Å². The second-order valence-electron chi connectivity index (χ2n) is 27.9. The SMILES string of the molecule is CC[C@H](C)[C@@H]1NC(=O)[C@H](C)N(C)C(=O)C[C@@H](C(=O)N2CCCCC2)N(C)C(=O)[C@H](C(C)C)N(C)C(=O)C2(CCCC2)NC(=O)[C@@H]2CCCN2C(=O)[C@H](CCc2ccc(C(F)(F)F)c(Cl)c2)NC(=O)[C@@H](C)N(C)C(=O)[C@H](CC2CCCCC2)N(C)C(=O)CN(C)C(=O)CN(C)C1=O. The van der Waals surface area contributed by atoms with Gasteiger partial charge in [0.1, 0.15) is 53.9 Å². The third-order valence-corrected chi connectivity index (χ3v) is 21.2. The Hall–Kier alpha value is -7.06. The summed E-state index contributed by atoms with van der Waals surface area (Å²) in [5.41, 5.74) is -2.36. The van der Waals surface area contributed by atoms with Crippen LogP contribution in [-0.2, 0) is 70.1 Å². The van der Waals surface area contributed by atoms with Gasteiger partial charge in [-0.1, -0.05) is 96.7 Å². The highest BCUT2D eigenvalue weighted by atomic mass is 35.5. The monoisotopic (exact) mass is 1370 g/mol. The van der Waals surface area contributed by atoms with E-state index in [-0.39, 0.29) is 51.0 Å². The number of benzene rings is 1. The molecule has 2 aliphatic carbocycles. The van der Waals surface area contributed by atoms with Crippen LogP contribution in [0.5, 0.6) is 0 Å². The molecule has 1 aromatic rings. The van der Waals surface area contributed by atoms with Crippen LogP contribution in [0.15, 0.2) is 18.2 Å². The number of carbonyl (C=O) groups excluding carboxylic acids is 12. The molecule has 5 aliphatic rings.